The lowest BCUT2D eigenvalue weighted by Crippen LogP contribution is -2.52. The molecular weight excluding hydrogens is 218 g/mol. The summed E-state index contributed by atoms with van der Waals surface area (Å²) >= 11 is 0. The van der Waals surface area contributed by atoms with E-state index in [1.165, 1.54) is 0 Å². The fraction of sp³-hybridized carbons (Fsp3) is 0.846. The molecule has 4 nitrogen and oxygen atoms in total. The van der Waals surface area contributed by atoms with Crippen LogP contribution < -0.4 is 5.32 Å². The number of amides is 1. The molecule has 1 saturated carbocycles. The summed E-state index contributed by atoms with van der Waals surface area (Å²) in [4.78, 5) is 23.3. The number of rotatable bonds is 3. The van der Waals surface area contributed by atoms with Crippen molar-refractivity contribution in [1.29, 1.82) is 0 Å². The molecule has 0 bridgehead atoms. The summed E-state index contributed by atoms with van der Waals surface area (Å²) in [5.74, 6) is -1.08. The van der Waals surface area contributed by atoms with Gasteiger partial charge in [-0.05, 0) is 18.3 Å². The lowest BCUT2D eigenvalue weighted by molar-refractivity contribution is -0.146. The van der Waals surface area contributed by atoms with E-state index in [9.17, 15) is 9.59 Å². The van der Waals surface area contributed by atoms with Gasteiger partial charge in [-0.25, -0.2) is 4.79 Å². The normalized spacial score (nSPS) is 20.9. The van der Waals surface area contributed by atoms with Gasteiger partial charge in [0.15, 0.2) is 0 Å². The number of aliphatic carboxylic acids is 1. The molecule has 0 saturated heterocycles. The van der Waals surface area contributed by atoms with Crippen LogP contribution in [0.5, 0.6) is 0 Å². The van der Waals surface area contributed by atoms with E-state index < -0.39 is 17.4 Å². The number of carbonyl (C=O) groups excluding carboxylic acids is 1. The highest BCUT2D eigenvalue weighted by molar-refractivity contribution is 5.87. The van der Waals surface area contributed by atoms with Crippen LogP contribution in [-0.2, 0) is 9.59 Å². The maximum absolute atomic E-state index is 12.2. The second-order valence-corrected chi connectivity index (χ2v) is 6.38. The third kappa shape index (κ3) is 3.20. The number of carboxylic acids is 1. The van der Waals surface area contributed by atoms with Gasteiger partial charge in [0, 0.05) is 5.41 Å². The van der Waals surface area contributed by atoms with Crippen molar-refractivity contribution in [3.63, 3.8) is 0 Å². The summed E-state index contributed by atoms with van der Waals surface area (Å²) < 4.78 is 0. The second-order valence-electron chi connectivity index (χ2n) is 6.38. The fourth-order valence-corrected chi connectivity index (χ4v) is 2.34. The van der Waals surface area contributed by atoms with Crippen molar-refractivity contribution in [3.05, 3.63) is 0 Å². The number of nitrogens with one attached hydrogen (secondary N) is 1. The van der Waals surface area contributed by atoms with E-state index in [-0.39, 0.29) is 11.3 Å². The third-order valence-corrected chi connectivity index (χ3v) is 3.64. The highest BCUT2D eigenvalue weighted by atomic mass is 16.4. The van der Waals surface area contributed by atoms with Crippen LogP contribution in [0.1, 0.15) is 53.4 Å². The van der Waals surface area contributed by atoms with Crippen LogP contribution in [0.2, 0.25) is 0 Å². The zero-order valence-electron chi connectivity index (χ0n) is 11.2. The molecule has 0 aromatic carbocycles. The largest absolute Gasteiger partial charge is 0.480 e. The van der Waals surface area contributed by atoms with Crippen molar-refractivity contribution in [3.8, 4) is 0 Å². The van der Waals surface area contributed by atoms with Crippen LogP contribution in [0.25, 0.3) is 0 Å². The lowest BCUT2D eigenvalue weighted by atomic mass is 9.83. The number of hydrogen-bond acceptors (Lipinski definition) is 2. The quantitative estimate of drug-likeness (QED) is 0.796. The van der Waals surface area contributed by atoms with E-state index in [4.69, 9.17) is 5.11 Å². The molecule has 98 valence electrons. The first-order valence-corrected chi connectivity index (χ1v) is 6.20. The molecule has 1 aliphatic carbocycles. The minimum atomic E-state index is -0.965. The van der Waals surface area contributed by atoms with Gasteiger partial charge in [-0.2, -0.15) is 0 Å². The van der Waals surface area contributed by atoms with Crippen molar-refractivity contribution >= 4 is 11.9 Å². The molecule has 4 heteroatoms. The van der Waals surface area contributed by atoms with Gasteiger partial charge in [0.25, 0.3) is 0 Å². The van der Waals surface area contributed by atoms with Gasteiger partial charge in [-0.3, -0.25) is 4.79 Å². The Labute approximate surface area is 103 Å². The van der Waals surface area contributed by atoms with Gasteiger partial charge in [0.2, 0.25) is 5.91 Å². The van der Waals surface area contributed by atoms with E-state index in [1.807, 2.05) is 27.7 Å². The highest BCUT2D eigenvalue weighted by Crippen LogP contribution is 2.38. The zero-order valence-corrected chi connectivity index (χ0v) is 11.2. The van der Waals surface area contributed by atoms with Crippen LogP contribution in [0.3, 0.4) is 0 Å². The second kappa shape index (κ2) is 4.67. The highest BCUT2D eigenvalue weighted by Gasteiger charge is 2.40. The molecule has 0 aromatic heterocycles. The molecule has 0 spiro atoms. The third-order valence-electron chi connectivity index (χ3n) is 3.64. The first-order valence-electron chi connectivity index (χ1n) is 6.20. The van der Waals surface area contributed by atoms with Crippen molar-refractivity contribution in [2.75, 3.05) is 0 Å². The Bertz CT molecular complexity index is 311. The first-order chi connectivity index (χ1) is 7.67. The van der Waals surface area contributed by atoms with Gasteiger partial charge in [0.1, 0.15) is 6.04 Å². The first kappa shape index (κ1) is 14.0. The van der Waals surface area contributed by atoms with E-state index >= 15 is 0 Å². The van der Waals surface area contributed by atoms with E-state index in [0.717, 1.165) is 25.7 Å². The topological polar surface area (TPSA) is 66.4 Å². The molecular formula is C13H23NO3. The monoisotopic (exact) mass is 241 g/mol. The Morgan fingerprint density at radius 3 is 2.06 bits per heavy atom. The van der Waals surface area contributed by atoms with Crippen molar-refractivity contribution in [1.82, 2.24) is 5.32 Å². The molecule has 0 aliphatic heterocycles. The molecule has 1 aliphatic rings. The van der Waals surface area contributed by atoms with E-state index in [1.54, 1.807) is 0 Å². The Kier molecular flexibility index (Phi) is 3.84. The maximum Gasteiger partial charge on any atom is 0.326 e. The van der Waals surface area contributed by atoms with Gasteiger partial charge < -0.3 is 10.4 Å². The summed E-state index contributed by atoms with van der Waals surface area (Å²) in [6.07, 6.45) is 3.82. The number of carbonyl (C=O) groups is 2. The smallest absolute Gasteiger partial charge is 0.326 e. The summed E-state index contributed by atoms with van der Waals surface area (Å²) in [6.45, 7) is 7.39. The predicted octanol–water partition coefficient (Wildman–Crippen LogP) is 2.18. The Hall–Kier alpha value is -1.06. The molecule has 0 heterocycles. The van der Waals surface area contributed by atoms with Crippen LogP contribution in [0, 0.1) is 10.8 Å². The molecule has 1 unspecified atom stereocenters. The SMILES string of the molecule is CC1(C(=O)NC(C(=O)O)C(C)(C)C)CCCC1. The van der Waals surface area contributed by atoms with Crippen LogP contribution in [0.15, 0.2) is 0 Å². The van der Waals surface area contributed by atoms with Crippen LogP contribution in [-0.4, -0.2) is 23.0 Å². The molecule has 0 aromatic rings. The number of hydrogen-bond donors (Lipinski definition) is 2. The van der Waals surface area contributed by atoms with Crippen LogP contribution >= 0.6 is 0 Å². The number of carboxylic acid groups (broad SMARTS) is 1. The summed E-state index contributed by atoms with van der Waals surface area (Å²) in [6, 6.07) is -0.826. The van der Waals surface area contributed by atoms with Crippen molar-refractivity contribution in [2.24, 2.45) is 10.8 Å². The lowest BCUT2D eigenvalue weighted by Gasteiger charge is -2.31. The molecule has 0 radical (unpaired) electrons. The maximum atomic E-state index is 12.2. The average molecular weight is 241 g/mol. The van der Waals surface area contributed by atoms with Gasteiger partial charge in [-0.1, -0.05) is 40.5 Å². The van der Waals surface area contributed by atoms with Crippen molar-refractivity contribution in [2.45, 2.75) is 59.4 Å². The van der Waals surface area contributed by atoms with E-state index in [2.05, 4.69) is 5.32 Å². The summed E-state index contributed by atoms with van der Waals surface area (Å²) in [5, 5.41) is 11.9. The molecule has 2 N–H and O–H groups in total. The van der Waals surface area contributed by atoms with Crippen molar-refractivity contribution < 1.29 is 14.7 Å². The standard InChI is InChI=1S/C13H23NO3/c1-12(2,3)9(10(15)16)14-11(17)13(4)7-5-6-8-13/h9H,5-8H2,1-4H3,(H,14,17)(H,15,16). The summed E-state index contributed by atoms with van der Waals surface area (Å²) in [5.41, 5.74) is -0.852. The Morgan fingerprint density at radius 2 is 1.71 bits per heavy atom. The van der Waals surface area contributed by atoms with Gasteiger partial charge in [0.05, 0.1) is 0 Å². The molecule has 1 rings (SSSR count). The molecule has 1 atom stereocenters. The van der Waals surface area contributed by atoms with E-state index in [0.29, 0.717) is 0 Å². The minimum absolute atomic E-state index is 0.114. The fourth-order valence-electron chi connectivity index (χ4n) is 2.34. The van der Waals surface area contributed by atoms with Gasteiger partial charge in [-0.15, -0.1) is 0 Å². The molecule has 1 amide bonds. The Balaban J connectivity index is 2.75. The molecule has 1 fully saturated rings. The zero-order chi connectivity index (χ0) is 13.3. The average Bonchev–Trinajstić information content (AvgIpc) is 2.60. The predicted molar refractivity (Wildman–Crippen MR) is 65.6 cm³/mol. The summed E-state index contributed by atoms with van der Waals surface area (Å²) in [7, 11) is 0. The molecule has 17 heavy (non-hydrogen) atoms. The van der Waals surface area contributed by atoms with Gasteiger partial charge >= 0.3 is 5.97 Å². The van der Waals surface area contributed by atoms with Crippen LogP contribution in [0.4, 0.5) is 0 Å². The Morgan fingerprint density at radius 1 is 1.24 bits per heavy atom. The minimum Gasteiger partial charge on any atom is -0.480 e.